The Balaban J connectivity index is 1.54. The molecule has 0 aliphatic carbocycles. The highest BCUT2D eigenvalue weighted by molar-refractivity contribution is 7.72. The Morgan fingerprint density at radius 2 is 0.783 bits per heavy atom. The van der Waals surface area contributed by atoms with Crippen LogP contribution >= 0.6 is 15.8 Å². The van der Waals surface area contributed by atoms with Crippen LogP contribution in [0.5, 0.6) is 34.5 Å². The zero-order valence-electron chi connectivity index (χ0n) is 28.4. The minimum Gasteiger partial charge on any atom is -0.496 e. The number of benzene rings is 4. The molecule has 8 heteroatoms. The molecule has 4 aromatic carbocycles. The topological polar surface area (TPSA) is 55.4 Å². The fraction of sp³-hybridized carbons (Fsp3) is 0.368. The zero-order valence-corrected chi connectivity index (χ0v) is 30.2. The van der Waals surface area contributed by atoms with E-state index in [0.717, 1.165) is 56.8 Å². The predicted octanol–water partition coefficient (Wildman–Crippen LogP) is 9.00. The second-order valence-electron chi connectivity index (χ2n) is 13.5. The van der Waals surface area contributed by atoms with E-state index >= 15 is 0 Å². The largest absolute Gasteiger partial charge is 0.496 e. The molecule has 0 saturated carbocycles. The Morgan fingerprint density at radius 1 is 0.478 bits per heavy atom. The second-order valence-corrected chi connectivity index (χ2v) is 19.6. The molecule has 0 fully saturated rings. The van der Waals surface area contributed by atoms with Gasteiger partial charge in [0.1, 0.15) is 34.5 Å². The maximum absolute atomic E-state index is 7.12. The fourth-order valence-corrected chi connectivity index (χ4v) is 13.7. The van der Waals surface area contributed by atoms with Crippen molar-refractivity contribution < 1.29 is 28.4 Å². The third kappa shape index (κ3) is 5.38. The molecule has 0 bridgehead atoms. The van der Waals surface area contributed by atoms with Crippen LogP contribution in [0.3, 0.4) is 0 Å². The van der Waals surface area contributed by atoms with Crippen molar-refractivity contribution in [2.45, 2.75) is 63.5 Å². The molecule has 0 N–H and O–H groups in total. The average Bonchev–Trinajstić information content (AvgIpc) is 3.63. The lowest BCUT2D eigenvalue weighted by Crippen LogP contribution is -2.38. The Bertz CT molecular complexity index is 1580. The van der Waals surface area contributed by atoms with E-state index in [-0.39, 0.29) is 22.0 Å². The predicted molar refractivity (Wildman–Crippen MR) is 191 cm³/mol. The summed E-state index contributed by atoms with van der Waals surface area (Å²) in [5.74, 6) is 4.58. The second kappa shape index (κ2) is 12.3. The summed E-state index contributed by atoms with van der Waals surface area (Å²) in [6.07, 6.45) is 0. The number of hydrogen-bond acceptors (Lipinski definition) is 6. The summed E-state index contributed by atoms with van der Waals surface area (Å²) < 4.78 is 37.8. The Hall–Kier alpha value is -3.46. The first-order chi connectivity index (χ1) is 21.9. The third-order valence-corrected chi connectivity index (χ3v) is 15.4. The van der Waals surface area contributed by atoms with Crippen molar-refractivity contribution in [2.24, 2.45) is 0 Å². The first kappa shape index (κ1) is 32.5. The molecule has 0 amide bonds. The van der Waals surface area contributed by atoms with E-state index in [2.05, 4.69) is 77.9 Å². The maximum Gasteiger partial charge on any atom is 0.162 e. The molecule has 0 aromatic heterocycles. The van der Waals surface area contributed by atoms with Crippen LogP contribution in [-0.4, -0.2) is 50.4 Å². The summed E-state index contributed by atoms with van der Waals surface area (Å²) >= 11 is 0. The van der Waals surface area contributed by atoms with E-state index in [4.69, 9.17) is 28.4 Å². The van der Waals surface area contributed by atoms with Gasteiger partial charge in [-0.2, -0.15) is 0 Å². The summed E-state index contributed by atoms with van der Waals surface area (Å²) in [5.41, 5.74) is 4.07. The van der Waals surface area contributed by atoms with Crippen LogP contribution in [-0.2, 0) is 0 Å². The summed E-state index contributed by atoms with van der Waals surface area (Å²) in [4.78, 5) is 0. The zero-order chi connectivity index (χ0) is 33.0. The van der Waals surface area contributed by atoms with Crippen molar-refractivity contribution in [3.05, 3.63) is 72.8 Å². The van der Waals surface area contributed by atoms with Crippen molar-refractivity contribution >= 4 is 26.5 Å². The highest BCUT2D eigenvalue weighted by atomic mass is 31.1. The Labute approximate surface area is 275 Å². The summed E-state index contributed by atoms with van der Waals surface area (Å²) in [6, 6.07) is 24.6. The molecular formula is C38H44O6P2. The van der Waals surface area contributed by atoms with Crippen LogP contribution in [0.4, 0.5) is 0 Å². The van der Waals surface area contributed by atoms with Crippen LogP contribution in [0.15, 0.2) is 72.8 Å². The SMILES string of the molecule is COc1cccc(OC)c1-c1cccc2c1P(C(C)(C)C)[C@H]([C@@H]1Oc3cccc(-c4c(OC)cccc4OC)c3P1C(C)(C)C)O2. The van der Waals surface area contributed by atoms with Crippen LogP contribution in [0.25, 0.3) is 22.3 Å². The van der Waals surface area contributed by atoms with Crippen molar-refractivity contribution in [3.8, 4) is 56.8 Å². The van der Waals surface area contributed by atoms with Gasteiger partial charge in [-0.05, 0) is 62.6 Å². The minimum atomic E-state index is -0.906. The lowest BCUT2D eigenvalue weighted by atomic mass is 10.0. The van der Waals surface area contributed by atoms with E-state index in [1.165, 1.54) is 10.6 Å². The third-order valence-electron chi connectivity index (χ3n) is 8.57. The molecule has 4 aromatic rings. The van der Waals surface area contributed by atoms with Crippen LogP contribution in [0.1, 0.15) is 41.5 Å². The molecule has 2 aliphatic heterocycles. The normalized spacial score (nSPS) is 20.3. The number of ether oxygens (including phenoxy) is 6. The van der Waals surface area contributed by atoms with Crippen molar-refractivity contribution in [1.82, 2.24) is 0 Å². The van der Waals surface area contributed by atoms with Gasteiger partial charge in [-0.3, -0.25) is 0 Å². The highest BCUT2D eigenvalue weighted by Gasteiger charge is 2.55. The molecule has 2 unspecified atom stereocenters. The molecule has 2 heterocycles. The molecule has 6 nitrogen and oxygen atoms in total. The average molecular weight is 659 g/mol. The van der Waals surface area contributed by atoms with Crippen molar-refractivity contribution in [3.63, 3.8) is 0 Å². The lowest BCUT2D eigenvalue weighted by molar-refractivity contribution is 0.171. The molecule has 0 radical (unpaired) electrons. The van der Waals surface area contributed by atoms with Gasteiger partial charge in [0.05, 0.1) is 39.6 Å². The summed E-state index contributed by atoms with van der Waals surface area (Å²) in [6.45, 7) is 14.0. The van der Waals surface area contributed by atoms with Gasteiger partial charge >= 0.3 is 0 Å². The van der Waals surface area contributed by atoms with Gasteiger partial charge in [0.15, 0.2) is 11.7 Å². The van der Waals surface area contributed by atoms with Gasteiger partial charge in [0, 0.05) is 21.7 Å². The van der Waals surface area contributed by atoms with Gasteiger partial charge in [0.2, 0.25) is 0 Å². The molecule has 2 aliphatic rings. The number of rotatable bonds is 7. The van der Waals surface area contributed by atoms with Gasteiger partial charge in [-0.1, -0.05) is 77.9 Å². The Morgan fingerprint density at radius 3 is 1.07 bits per heavy atom. The summed E-state index contributed by atoms with van der Waals surface area (Å²) in [5, 5.41) is 2.27. The van der Waals surface area contributed by atoms with Crippen LogP contribution in [0.2, 0.25) is 0 Å². The molecule has 0 spiro atoms. The number of methoxy groups -OCH3 is 4. The van der Waals surface area contributed by atoms with Crippen LogP contribution < -0.4 is 39.0 Å². The smallest absolute Gasteiger partial charge is 0.162 e. The van der Waals surface area contributed by atoms with E-state index in [1.807, 2.05) is 36.4 Å². The molecular weight excluding hydrogens is 614 g/mol. The Kier molecular flexibility index (Phi) is 8.68. The quantitative estimate of drug-likeness (QED) is 0.185. The molecule has 0 saturated heterocycles. The van der Waals surface area contributed by atoms with E-state index in [1.54, 1.807) is 28.4 Å². The van der Waals surface area contributed by atoms with Gasteiger partial charge in [-0.15, -0.1) is 0 Å². The van der Waals surface area contributed by atoms with E-state index < -0.39 is 15.8 Å². The maximum atomic E-state index is 7.12. The molecule has 46 heavy (non-hydrogen) atoms. The number of fused-ring (bicyclic) bond motifs is 2. The summed E-state index contributed by atoms with van der Waals surface area (Å²) in [7, 11) is 5.03. The first-order valence-corrected chi connectivity index (χ1v) is 18.4. The standard InChI is InChI=1S/C38H44O6P2/c1-37(2,3)45-33-23(31-25(39-7)17-13-18-26(31)40-8)15-11-21-29(33)43-35(45)36-44-30-22-12-16-24(34(30)46(36)38(4,5)6)32-27(41-9)19-14-20-28(32)42-10/h11-22,35-36H,1-10H3/t35-,36-,45?,46?/m1/s1. The van der Waals surface area contributed by atoms with E-state index in [0.29, 0.717) is 0 Å². The monoisotopic (exact) mass is 658 g/mol. The van der Waals surface area contributed by atoms with Gasteiger partial charge in [-0.25, -0.2) is 0 Å². The first-order valence-electron chi connectivity index (χ1n) is 15.5. The molecule has 6 rings (SSSR count). The van der Waals surface area contributed by atoms with Crippen molar-refractivity contribution in [2.75, 3.05) is 28.4 Å². The van der Waals surface area contributed by atoms with Gasteiger partial charge in [0.25, 0.3) is 0 Å². The van der Waals surface area contributed by atoms with Crippen LogP contribution in [0, 0.1) is 0 Å². The van der Waals surface area contributed by atoms with Crippen molar-refractivity contribution in [1.29, 1.82) is 0 Å². The minimum absolute atomic E-state index is 0.0949. The van der Waals surface area contributed by atoms with Gasteiger partial charge < -0.3 is 28.4 Å². The number of hydrogen-bond donors (Lipinski definition) is 0. The van der Waals surface area contributed by atoms with E-state index in [9.17, 15) is 0 Å². The molecule has 4 atom stereocenters. The highest BCUT2D eigenvalue weighted by Crippen LogP contribution is 2.70. The lowest BCUT2D eigenvalue weighted by Gasteiger charge is -2.40. The fourth-order valence-electron chi connectivity index (χ4n) is 6.79. The molecule has 242 valence electrons.